The van der Waals surface area contributed by atoms with Crippen molar-refractivity contribution in [2.45, 2.75) is 53.1 Å². The summed E-state index contributed by atoms with van der Waals surface area (Å²) in [5.41, 5.74) is 1.01. The van der Waals surface area contributed by atoms with E-state index in [9.17, 15) is 9.59 Å². The molecule has 1 aliphatic rings. The molecule has 2 rings (SSSR count). The van der Waals surface area contributed by atoms with Crippen LogP contribution in [0.2, 0.25) is 0 Å². The van der Waals surface area contributed by atoms with Gasteiger partial charge in [-0.2, -0.15) is 0 Å². The largest absolute Gasteiger partial charge is 0.466 e. The molecule has 1 aromatic heterocycles. The van der Waals surface area contributed by atoms with Crippen LogP contribution in [0.1, 0.15) is 50.3 Å². The minimum Gasteiger partial charge on any atom is -0.466 e. The fourth-order valence-electron chi connectivity index (χ4n) is 2.89. The number of furan rings is 1. The molecule has 2 atom stereocenters. The Labute approximate surface area is 125 Å². The van der Waals surface area contributed by atoms with Crippen LogP contribution in [0.15, 0.2) is 10.5 Å². The highest BCUT2D eigenvalue weighted by Gasteiger charge is 2.35. The maximum atomic E-state index is 12.7. The molecule has 1 fully saturated rings. The average molecular weight is 292 g/mol. The molecule has 1 N–H and O–H groups in total. The molecule has 2 heterocycles. The first-order chi connectivity index (χ1) is 9.81. The van der Waals surface area contributed by atoms with Crippen LogP contribution in [0.25, 0.3) is 0 Å². The predicted molar refractivity (Wildman–Crippen MR) is 79.7 cm³/mol. The minimum absolute atomic E-state index is 0.0124. The second kappa shape index (κ2) is 5.92. The van der Waals surface area contributed by atoms with Crippen molar-refractivity contribution in [3.63, 3.8) is 0 Å². The van der Waals surface area contributed by atoms with Crippen LogP contribution in [-0.2, 0) is 9.59 Å². The van der Waals surface area contributed by atoms with Gasteiger partial charge in [-0.3, -0.25) is 9.59 Å². The lowest BCUT2D eigenvalue weighted by Gasteiger charge is -2.31. The van der Waals surface area contributed by atoms with Crippen LogP contribution in [0.5, 0.6) is 0 Å². The van der Waals surface area contributed by atoms with Crippen LogP contribution in [0, 0.1) is 19.8 Å². The number of aryl methyl sites for hydroxylation is 2. The lowest BCUT2D eigenvalue weighted by Crippen LogP contribution is -2.48. The quantitative estimate of drug-likeness (QED) is 0.930. The molecule has 0 aliphatic carbocycles. The molecule has 1 saturated heterocycles. The fourth-order valence-corrected chi connectivity index (χ4v) is 2.89. The number of hydrogen-bond acceptors (Lipinski definition) is 3. The minimum atomic E-state index is -0.448. The van der Waals surface area contributed by atoms with Crippen molar-refractivity contribution in [3.8, 4) is 0 Å². The molecule has 5 nitrogen and oxygen atoms in total. The lowest BCUT2D eigenvalue weighted by atomic mass is 10.0. The van der Waals surface area contributed by atoms with E-state index in [0.717, 1.165) is 17.1 Å². The highest BCUT2D eigenvalue weighted by Crippen LogP contribution is 2.28. The monoisotopic (exact) mass is 292 g/mol. The summed E-state index contributed by atoms with van der Waals surface area (Å²) in [6, 6.07) is 1.43. The van der Waals surface area contributed by atoms with Crippen molar-refractivity contribution < 1.29 is 14.0 Å². The molecular weight excluding hydrogens is 268 g/mol. The van der Waals surface area contributed by atoms with Gasteiger partial charge in [0.2, 0.25) is 11.8 Å². The molecule has 2 unspecified atom stereocenters. The number of amides is 2. The molecular formula is C16H24N2O3. The Kier molecular flexibility index (Phi) is 4.40. The first kappa shape index (κ1) is 15.6. The summed E-state index contributed by atoms with van der Waals surface area (Å²) >= 11 is 0. The summed E-state index contributed by atoms with van der Waals surface area (Å²) in [5, 5.41) is 2.83. The second-order valence-corrected chi connectivity index (χ2v) is 6.12. The maximum Gasteiger partial charge on any atom is 0.245 e. The van der Waals surface area contributed by atoms with E-state index in [1.807, 2.05) is 40.7 Å². The number of nitrogens with one attached hydrogen (secondary N) is 1. The van der Waals surface area contributed by atoms with Crippen LogP contribution >= 0.6 is 0 Å². The fraction of sp³-hybridized carbons (Fsp3) is 0.625. The standard InChI is InChI=1S/C16H24N2O3/c1-9(2)15-16(20)18(7-6-14(19)17-15)11(4)13-8-10(3)21-12(13)5/h8-9,11,15H,6-7H2,1-5H3,(H,17,19). The van der Waals surface area contributed by atoms with E-state index in [4.69, 9.17) is 4.42 Å². The van der Waals surface area contributed by atoms with E-state index in [2.05, 4.69) is 5.32 Å². The van der Waals surface area contributed by atoms with Gasteiger partial charge in [-0.05, 0) is 32.8 Å². The number of carbonyl (C=O) groups excluding carboxylic acids is 2. The van der Waals surface area contributed by atoms with Gasteiger partial charge in [0.05, 0.1) is 6.04 Å². The SMILES string of the molecule is Cc1cc(C(C)N2CCC(=O)NC(C(C)C)C2=O)c(C)o1. The van der Waals surface area contributed by atoms with E-state index in [0.29, 0.717) is 13.0 Å². The molecule has 0 bridgehead atoms. The zero-order valence-electron chi connectivity index (χ0n) is 13.4. The van der Waals surface area contributed by atoms with Crippen molar-refractivity contribution in [2.75, 3.05) is 6.54 Å². The third kappa shape index (κ3) is 3.12. The highest BCUT2D eigenvalue weighted by atomic mass is 16.3. The van der Waals surface area contributed by atoms with Crippen LogP contribution in [0.4, 0.5) is 0 Å². The summed E-state index contributed by atoms with van der Waals surface area (Å²) in [7, 11) is 0. The molecule has 116 valence electrons. The molecule has 0 saturated carbocycles. The molecule has 1 aromatic rings. The summed E-state index contributed by atoms with van der Waals surface area (Å²) in [4.78, 5) is 26.3. The molecule has 2 amide bonds. The molecule has 0 radical (unpaired) electrons. The molecule has 5 heteroatoms. The molecule has 0 aromatic carbocycles. The van der Waals surface area contributed by atoms with Crippen molar-refractivity contribution in [3.05, 3.63) is 23.2 Å². The first-order valence-electron chi connectivity index (χ1n) is 7.48. The van der Waals surface area contributed by atoms with Crippen LogP contribution < -0.4 is 5.32 Å². The van der Waals surface area contributed by atoms with Gasteiger partial charge in [0.15, 0.2) is 0 Å². The Morgan fingerprint density at radius 2 is 1.95 bits per heavy atom. The summed E-state index contributed by atoms with van der Waals surface area (Å²) in [6.45, 7) is 10.1. The summed E-state index contributed by atoms with van der Waals surface area (Å²) in [5.74, 6) is 1.67. The van der Waals surface area contributed by atoms with E-state index in [1.165, 1.54) is 0 Å². The van der Waals surface area contributed by atoms with Gasteiger partial charge < -0.3 is 14.6 Å². The van der Waals surface area contributed by atoms with E-state index in [-0.39, 0.29) is 23.8 Å². The van der Waals surface area contributed by atoms with Gasteiger partial charge in [0, 0.05) is 18.5 Å². The zero-order chi connectivity index (χ0) is 15.7. The van der Waals surface area contributed by atoms with Gasteiger partial charge in [-0.1, -0.05) is 13.8 Å². The zero-order valence-corrected chi connectivity index (χ0v) is 13.4. The van der Waals surface area contributed by atoms with Gasteiger partial charge in [0.25, 0.3) is 0 Å². The normalized spacial score (nSPS) is 21.4. The number of nitrogens with zero attached hydrogens (tertiary/aromatic N) is 1. The predicted octanol–water partition coefficient (Wildman–Crippen LogP) is 2.33. The molecule has 1 aliphatic heterocycles. The Bertz CT molecular complexity index is 548. The maximum absolute atomic E-state index is 12.7. The van der Waals surface area contributed by atoms with E-state index < -0.39 is 6.04 Å². The molecule has 0 spiro atoms. The summed E-state index contributed by atoms with van der Waals surface area (Å²) < 4.78 is 5.57. The Balaban J connectivity index is 2.30. The van der Waals surface area contributed by atoms with Crippen molar-refractivity contribution in [1.29, 1.82) is 0 Å². The molecule has 21 heavy (non-hydrogen) atoms. The first-order valence-corrected chi connectivity index (χ1v) is 7.48. The Morgan fingerprint density at radius 3 is 2.48 bits per heavy atom. The topological polar surface area (TPSA) is 62.6 Å². The number of carbonyl (C=O) groups is 2. The third-order valence-electron chi connectivity index (χ3n) is 4.11. The lowest BCUT2D eigenvalue weighted by molar-refractivity contribution is -0.136. The number of hydrogen-bond donors (Lipinski definition) is 1. The van der Waals surface area contributed by atoms with Crippen molar-refractivity contribution in [2.24, 2.45) is 5.92 Å². The Morgan fingerprint density at radius 1 is 1.29 bits per heavy atom. The van der Waals surface area contributed by atoms with Gasteiger partial charge >= 0.3 is 0 Å². The Hall–Kier alpha value is -1.78. The third-order valence-corrected chi connectivity index (χ3v) is 4.11. The van der Waals surface area contributed by atoms with Crippen LogP contribution in [0.3, 0.4) is 0 Å². The average Bonchev–Trinajstić information content (AvgIpc) is 2.65. The highest BCUT2D eigenvalue weighted by molar-refractivity contribution is 5.90. The summed E-state index contributed by atoms with van der Waals surface area (Å²) in [6.07, 6.45) is 0.342. The number of rotatable bonds is 3. The van der Waals surface area contributed by atoms with E-state index in [1.54, 1.807) is 4.90 Å². The second-order valence-electron chi connectivity index (χ2n) is 6.12. The van der Waals surface area contributed by atoms with Crippen LogP contribution in [-0.4, -0.2) is 29.3 Å². The van der Waals surface area contributed by atoms with Crippen molar-refractivity contribution in [1.82, 2.24) is 10.2 Å². The van der Waals surface area contributed by atoms with Gasteiger partial charge in [-0.15, -0.1) is 0 Å². The smallest absolute Gasteiger partial charge is 0.245 e. The van der Waals surface area contributed by atoms with E-state index >= 15 is 0 Å². The van der Waals surface area contributed by atoms with Crippen molar-refractivity contribution >= 4 is 11.8 Å². The van der Waals surface area contributed by atoms with Gasteiger partial charge in [0.1, 0.15) is 17.6 Å². The van der Waals surface area contributed by atoms with Gasteiger partial charge in [-0.25, -0.2) is 0 Å².